The van der Waals surface area contributed by atoms with Gasteiger partial charge in [-0.2, -0.15) is 0 Å². The van der Waals surface area contributed by atoms with Crippen LogP contribution in [-0.4, -0.2) is 33.4 Å². The fraction of sp³-hybridized carbons (Fsp3) is 0. The summed E-state index contributed by atoms with van der Waals surface area (Å²) in [5, 5.41) is 20.0. The van der Waals surface area contributed by atoms with Crippen molar-refractivity contribution in [3.05, 3.63) is 64.5 Å². The second-order valence-corrected chi connectivity index (χ2v) is 6.60. The molecule has 1 N–H and O–H groups in total. The Kier molecular flexibility index (Phi) is 3.53. The second kappa shape index (κ2) is 5.42. The number of benzene rings is 1. The number of aromatic carboxylic acids is 1. The van der Waals surface area contributed by atoms with E-state index < -0.39 is 26.6 Å². The molecule has 0 spiro atoms. The quantitative estimate of drug-likeness (QED) is 0.562. The van der Waals surface area contributed by atoms with E-state index in [0.29, 0.717) is 3.97 Å². The van der Waals surface area contributed by atoms with Gasteiger partial charge in [-0.3, -0.25) is 10.1 Å². The summed E-state index contributed by atoms with van der Waals surface area (Å²) in [6.07, 6.45) is 1.77. The van der Waals surface area contributed by atoms with E-state index in [0.717, 1.165) is 18.5 Å². The lowest BCUT2D eigenvalue weighted by molar-refractivity contribution is -0.385. The van der Waals surface area contributed by atoms with E-state index in [2.05, 4.69) is 4.98 Å². The fourth-order valence-electron chi connectivity index (χ4n) is 2.23. The maximum Gasteiger partial charge on any atom is 0.337 e. The van der Waals surface area contributed by atoms with Crippen LogP contribution in [0, 0.1) is 10.1 Å². The molecule has 0 fully saturated rings. The van der Waals surface area contributed by atoms with Gasteiger partial charge >= 0.3 is 5.97 Å². The summed E-state index contributed by atoms with van der Waals surface area (Å²) < 4.78 is 26.1. The number of hydrogen-bond acceptors (Lipinski definition) is 6. The normalized spacial score (nSPS) is 11.5. The van der Waals surface area contributed by atoms with Gasteiger partial charge in [0.15, 0.2) is 5.65 Å². The average Bonchev–Trinajstić information content (AvgIpc) is 2.95. The Morgan fingerprint density at radius 3 is 2.50 bits per heavy atom. The first kappa shape index (κ1) is 15.6. The largest absolute Gasteiger partial charge is 0.478 e. The van der Waals surface area contributed by atoms with Crippen molar-refractivity contribution in [2.24, 2.45) is 0 Å². The first-order valence-corrected chi connectivity index (χ1v) is 7.96. The highest BCUT2D eigenvalue weighted by atomic mass is 32.2. The molecular formula is C14H9N3O6S. The molecule has 24 heavy (non-hydrogen) atoms. The van der Waals surface area contributed by atoms with Crippen molar-refractivity contribution in [2.45, 2.75) is 4.90 Å². The third-order valence-electron chi connectivity index (χ3n) is 3.34. The molecule has 0 aliphatic carbocycles. The number of nitrogens with zero attached hydrogens (tertiary/aromatic N) is 3. The van der Waals surface area contributed by atoms with Crippen molar-refractivity contribution < 1.29 is 23.2 Å². The summed E-state index contributed by atoms with van der Waals surface area (Å²) in [5.74, 6) is -1.41. The van der Waals surface area contributed by atoms with E-state index in [1.165, 1.54) is 24.3 Å². The molecule has 10 heteroatoms. The van der Waals surface area contributed by atoms with Gasteiger partial charge in [-0.15, -0.1) is 0 Å². The lowest BCUT2D eigenvalue weighted by Crippen LogP contribution is -2.12. The topological polar surface area (TPSA) is 132 Å². The third-order valence-corrected chi connectivity index (χ3v) is 5.00. The molecule has 0 aliphatic heterocycles. The molecule has 2 aromatic heterocycles. The summed E-state index contributed by atoms with van der Waals surface area (Å²) in [4.78, 5) is 25.2. The lowest BCUT2D eigenvalue weighted by Gasteiger charge is -2.06. The third kappa shape index (κ3) is 2.38. The predicted molar refractivity (Wildman–Crippen MR) is 82.4 cm³/mol. The van der Waals surface area contributed by atoms with Crippen molar-refractivity contribution in [3.63, 3.8) is 0 Å². The molecule has 0 aliphatic rings. The van der Waals surface area contributed by atoms with E-state index >= 15 is 0 Å². The monoisotopic (exact) mass is 347 g/mol. The fourth-order valence-corrected chi connectivity index (χ4v) is 3.57. The molecular weight excluding hydrogens is 338 g/mol. The number of rotatable bonds is 4. The Balaban J connectivity index is 2.34. The van der Waals surface area contributed by atoms with Crippen LogP contribution in [0.15, 0.2) is 53.7 Å². The zero-order chi connectivity index (χ0) is 17.5. The van der Waals surface area contributed by atoms with Crippen molar-refractivity contribution in [1.29, 1.82) is 0 Å². The molecule has 3 aromatic rings. The number of fused-ring (bicyclic) bond motifs is 1. The van der Waals surface area contributed by atoms with Crippen molar-refractivity contribution >= 4 is 32.7 Å². The number of carboxylic acids is 1. The number of carboxylic acid groups (broad SMARTS) is 1. The van der Waals surface area contributed by atoms with Gasteiger partial charge in [-0.05, 0) is 12.1 Å². The predicted octanol–water partition coefficient (Wildman–Crippen LogP) is 1.88. The molecule has 0 saturated carbocycles. The van der Waals surface area contributed by atoms with Crippen LogP contribution in [-0.2, 0) is 10.0 Å². The van der Waals surface area contributed by atoms with Gasteiger partial charge in [-0.1, -0.05) is 18.2 Å². The smallest absolute Gasteiger partial charge is 0.337 e. The minimum Gasteiger partial charge on any atom is -0.478 e. The maximum atomic E-state index is 12.7. The Morgan fingerprint density at radius 1 is 1.25 bits per heavy atom. The second-order valence-electron chi connectivity index (χ2n) is 4.78. The summed E-state index contributed by atoms with van der Waals surface area (Å²) in [7, 11) is -4.09. The Bertz CT molecular complexity index is 1070. The molecule has 3 rings (SSSR count). The van der Waals surface area contributed by atoms with Gasteiger partial charge in [0.2, 0.25) is 0 Å². The van der Waals surface area contributed by atoms with Crippen LogP contribution in [0.3, 0.4) is 0 Å². The minimum atomic E-state index is -4.09. The Morgan fingerprint density at radius 2 is 1.92 bits per heavy atom. The van der Waals surface area contributed by atoms with Gasteiger partial charge in [0.1, 0.15) is 6.20 Å². The molecule has 0 bridgehead atoms. The van der Waals surface area contributed by atoms with E-state index in [-0.39, 0.29) is 21.5 Å². The highest BCUT2D eigenvalue weighted by molar-refractivity contribution is 7.90. The molecule has 9 nitrogen and oxygen atoms in total. The Hall–Kier alpha value is -3.27. The highest BCUT2D eigenvalue weighted by Gasteiger charge is 2.25. The van der Waals surface area contributed by atoms with E-state index in [1.54, 1.807) is 6.07 Å². The molecule has 1 aromatic carbocycles. The van der Waals surface area contributed by atoms with Crippen molar-refractivity contribution in [3.8, 4) is 0 Å². The number of nitro groups is 1. The number of aromatic nitrogens is 2. The van der Waals surface area contributed by atoms with Crippen LogP contribution in [0.4, 0.5) is 5.69 Å². The number of carbonyl (C=O) groups is 1. The van der Waals surface area contributed by atoms with Crippen LogP contribution in [0.1, 0.15) is 10.4 Å². The minimum absolute atomic E-state index is 0.0565. The molecule has 2 heterocycles. The van der Waals surface area contributed by atoms with Crippen LogP contribution in [0.2, 0.25) is 0 Å². The molecule has 0 amide bonds. The van der Waals surface area contributed by atoms with Gasteiger partial charge in [0, 0.05) is 17.6 Å². The molecule has 0 unspecified atom stereocenters. The van der Waals surface area contributed by atoms with Crippen LogP contribution < -0.4 is 0 Å². The van der Waals surface area contributed by atoms with Crippen LogP contribution in [0.5, 0.6) is 0 Å². The Labute approximate surface area is 135 Å². The van der Waals surface area contributed by atoms with Gasteiger partial charge in [0.05, 0.1) is 15.4 Å². The van der Waals surface area contributed by atoms with E-state index in [1.807, 2.05) is 0 Å². The SMILES string of the molecule is O=C(O)c1cn(S(=O)(=O)c2ccccc2)c2ncc([N+](=O)[O-])cc12. The molecule has 0 saturated heterocycles. The van der Waals surface area contributed by atoms with Gasteiger partial charge < -0.3 is 5.11 Å². The molecule has 0 atom stereocenters. The summed E-state index contributed by atoms with van der Waals surface area (Å²) >= 11 is 0. The van der Waals surface area contributed by atoms with Crippen molar-refractivity contribution in [2.75, 3.05) is 0 Å². The van der Waals surface area contributed by atoms with E-state index in [9.17, 15) is 28.4 Å². The zero-order valence-corrected chi connectivity index (χ0v) is 12.7. The zero-order valence-electron chi connectivity index (χ0n) is 11.9. The number of hydrogen-bond donors (Lipinski definition) is 1. The summed E-state index contributed by atoms with van der Waals surface area (Å²) in [6, 6.07) is 8.38. The van der Waals surface area contributed by atoms with Crippen molar-refractivity contribution in [1.82, 2.24) is 8.96 Å². The molecule has 0 radical (unpaired) electrons. The maximum absolute atomic E-state index is 12.7. The van der Waals surface area contributed by atoms with Crippen LogP contribution in [0.25, 0.3) is 11.0 Å². The lowest BCUT2D eigenvalue weighted by atomic mass is 10.2. The van der Waals surface area contributed by atoms with Gasteiger partial charge in [0.25, 0.3) is 15.7 Å². The number of pyridine rings is 1. The first-order valence-electron chi connectivity index (χ1n) is 6.52. The highest BCUT2D eigenvalue weighted by Crippen LogP contribution is 2.27. The average molecular weight is 347 g/mol. The standard InChI is InChI=1S/C14H9N3O6S/c18-14(19)12-8-16(24(22,23)10-4-2-1-3-5-10)13-11(12)6-9(7-15-13)17(20)21/h1-8H,(H,18,19). The van der Waals surface area contributed by atoms with Crippen LogP contribution >= 0.6 is 0 Å². The van der Waals surface area contributed by atoms with E-state index in [4.69, 9.17) is 0 Å². The summed E-state index contributed by atoms with van der Waals surface area (Å²) in [5.41, 5.74) is -1.01. The summed E-state index contributed by atoms with van der Waals surface area (Å²) in [6.45, 7) is 0. The first-order chi connectivity index (χ1) is 11.3. The van der Waals surface area contributed by atoms with Gasteiger partial charge in [-0.25, -0.2) is 22.2 Å². The molecule has 122 valence electrons.